The molecule has 0 fully saturated rings. The van der Waals surface area contributed by atoms with Crippen molar-refractivity contribution < 1.29 is 27.1 Å². The highest BCUT2D eigenvalue weighted by atomic mass is 35.5. The lowest BCUT2D eigenvalue weighted by atomic mass is 10.1. The zero-order valence-electron chi connectivity index (χ0n) is 19.3. The molecule has 0 unspecified atom stereocenters. The topological polar surface area (TPSA) is 168 Å². The molecule has 194 valence electrons. The first-order chi connectivity index (χ1) is 17.9. The monoisotopic (exact) mass is 574 g/mol. The van der Waals surface area contributed by atoms with Crippen LogP contribution in [-0.4, -0.2) is 25.2 Å². The molecule has 0 aromatic heterocycles. The van der Waals surface area contributed by atoms with E-state index in [9.17, 15) is 33.4 Å². The van der Waals surface area contributed by atoms with Crippen LogP contribution in [0.25, 0.3) is 6.08 Å². The second-order valence-electron chi connectivity index (χ2n) is 7.45. The molecular weight excluding hydrogens is 559 g/mol. The fourth-order valence-electron chi connectivity index (χ4n) is 3.02. The van der Waals surface area contributed by atoms with Gasteiger partial charge in [0.25, 0.3) is 11.6 Å². The molecule has 0 aliphatic carbocycles. The van der Waals surface area contributed by atoms with E-state index in [-0.39, 0.29) is 37.8 Å². The molecule has 3 aromatic rings. The van der Waals surface area contributed by atoms with E-state index < -0.39 is 32.2 Å². The maximum Gasteiger partial charge on any atom is 0.339 e. The Morgan fingerprint density at radius 2 is 1.66 bits per heavy atom. The summed E-state index contributed by atoms with van der Waals surface area (Å²) in [6, 6.07) is 14.7. The number of nitrogens with zero attached hydrogens (tertiary/aromatic N) is 2. The highest BCUT2D eigenvalue weighted by Gasteiger charge is 2.21. The quantitative estimate of drug-likeness (QED) is 0.122. The molecule has 0 bridgehead atoms. The van der Waals surface area contributed by atoms with Gasteiger partial charge in [0, 0.05) is 30.3 Å². The van der Waals surface area contributed by atoms with Crippen molar-refractivity contribution in [2.45, 2.75) is 11.8 Å². The number of anilines is 2. The molecule has 0 radical (unpaired) electrons. The molecule has 38 heavy (non-hydrogen) atoms. The predicted octanol–water partition coefficient (Wildman–Crippen LogP) is 5.17. The summed E-state index contributed by atoms with van der Waals surface area (Å²) >= 11 is 12.0. The van der Waals surface area contributed by atoms with Gasteiger partial charge in [0.2, 0.25) is 5.91 Å². The van der Waals surface area contributed by atoms with Gasteiger partial charge in [-0.2, -0.15) is 13.7 Å². The predicted molar refractivity (Wildman–Crippen MR) is 140 cm³/mol. The van der Waals surface area contributed by atoms with Crippen LogP contribution in [0.15, 0.2) is 71.1 Å². The lowest BCUT2D eigenvalue weighted by Gasteiger charge is -2.11. The minimum Gasteiger partial charge on any atom is -0.378 e. The second-order valence-corrected chi connectivity index (χ2v) is 9.81. The van der Waals surface area contributed by atoms with Crippen molar-refractivity contribution in [3.8, 4) is 11.8 Å². The molecule has 0 saturated heterocycles. The van der Waals surface area contributed by atoms with Gasteiger partial charge in [0.1, 0.15) is 22.3 Å². The highest BCUT2D eigenvalue weighted by molar-refractivity contribution is 7.87. The average molecular weight is 575 g/mol. The Balaban J connectivity index is 1.88. The Kier molecular flexibility index (Phi) is 8.69. The van der Waals surface area contributed by atoms with Gasteiger partial charge >= 0.3 is 10.1 Å². The average Bonchev–Trinajstić information content (AvgIpc) is 2.85. The van der Waals surface area contributed by atoms with Crippen LogP contribution >= 0.6 is 23.2 Å². The number of halogens is 2. The van der Waals surface area contributed by atoms with Crippen molar-refractivity contribution >= 4 is 68.3 Å². The molecular formula is C24H16Cl2N4O7S. The minimum absolute atomic E-state index is 0.0820. The zero-order chi connectivity index (χ0) is 28.0. The molecule has 0 spiro atoms. The van der Waals surface area contributed by atoms with E-state index in [2.05, 4.69) is 10.6 Å². The molecule has 0 aliphatic heterocycles. The summed E-state index contributed by atoms with van der Waals surface area (Å²) in [6.07, 6.45) is 1.09. The molecule has 0 atom stereocenters. The van der Waals surface area contributed by atoms with E-state index in [1.165, 1.54) is 55.5 Å². The summed E-state index contributed by atoms with van der Waals surface area (Å²) in [5, 5.41) is 24.9. The van der Waals surface area contributed by atoms with Crippen LogP contribution in [0.3, 0.4) is 0 Å². The Bertz CT molecular complexity index is 1590. The molecule has 3 rings (SSSR count). The van der Waals surface area contributed by atoms with Crippen LogP contribution in [0.2, 0.25) is 10.0 Å². The van der Waals surface area contributed by atoms with Gasteiger partial charge in [0.05, 0.1) is 20.7 Å². The smallest absolute Gasteiger partial charge is 0.339 e. The van der Waals surface area contributed by atoms with Crippen LogP contribution in [0.4, 0.5) is 17.1 Å². The normalized spacial score (nSPS) is 11.3. The number of para-hydroxylation sites is 1. The molecule has 14 heteroatoms. The number of hydrogen-bond acceptors (Lipinski definition) is 8. The Morgan fingerprint density at radius 1 is 1.05 bits per heavy atom. The molecule has 0 saturated carbocycles. The number of nitro groups is 1. The lowest BCUT2D eigenvalue weighted by molar-refractivity contribution is -0.384. The van der Waals surface area contributed by atoms with Crippen LogP contribution in [0.5, 0.6) is 5.75 Å². The Labute approximate surface area is 226 Å². The van der Waals surface area contributed by atoms with Gasteiger partial charge < -0.3 is 14.8 Å². The summed E-state index contributed by atoms with van der Waals surface area (Å²) in [6.45, 7) is 1.31. The Hall–Kier alpha value is -4.44. The zero-order valence-corrected chi connectivity index (χ0v) is 21.6. The number of nitrogens with one attached hydrogen (secondary N) is 2. The third kappa shape index (κ3) is 6.86. The number of carbonyl (C=O) groups is 2. The summed E-state index contributed by atoms with van der Waals surface area (Å²) < 4.78 is 30.9. The largest absolute Gasteiger partial charge is 0.378 e. The second kappa shape index (κ2) is 11.7. The summed E-state index contributed by atoms with van der Waals surface area (Å²) in [4.78, 5) is 33.9. The van der Waals surface area contributed by atoms with Gasteiger partial charge in [-0.05, 0) is 36.4 Å². The van der Waals surface area contributed by atoms with Crippen LogP contribution in [0.1, 0.15) is 12.5 Å². The summed E-state index contributed by atoms with van der Waals surface area (Å²) in [7, 11) is -4.33. The number of nitriles is 1. The van der Waals surface area contributed by atoms with Gasteiger partial charge in [-0.15, -0.1) is 0 Å². The SMILES string of the molecule is CC(=O)Nc1ccc(S(=O)(=O)Oc2ccccc2/C=C(\C#N)C(=O)Nc2c(Cl)cc([N+](=O)[O-])cc2Cl)cc1. The van der Waals surface area contributed by atoms with Crippen molar-refractivity contribution in [1.29, 1.82) is 5.26 Å². The van der Waals surface area contributed by atoms with Crippen molar-refractivity contribution in [2.75, 3.05) is 10.6 Å². The molecule has 2 N–H and O–H groups in total. The number of nitro benzene ring substituents is 1. The van der Waals surface area contributed by atoms with E-state index in [1.54, 1.807) is 6.07 Å². The fourth-order valence-corrected chi connectivity index (χ4v) is 4.54. The molecule has 0 heterocycles. The first-order valence-electron chi connectivity index (χ1n) is 10.4. The van der Waals surface area contributed by atoms with E-state index >= 15 is 0 Å². The molecule has 3 aromatic carbocycles. The number of non-ortho nitro benzene ring substituents is 1. The number of amides is 2. The fraction of sp³-hybridized carbons (Fsp3) is 0.0417. The van der Waals surface area contributed by atoms with E-state index in [0.29, 0.717) is 5.69 Å². The van der Waals surface area contributed by atoms with E-state index in [1.807, 2.05) is 0 Å². The van der Waals surface area contributed by atoms with Gasteiger partial charge in [0.15, 0.2) is 0 Å². The standard InChI is InChI=1S/C24H16Cl2N4O7S/c1-14(31)28-17-6-8-19(9-7-17)38(35,36)37-22-5-3-2-4-15(22)10-16(13-27)24(32)29-23-20(25)11-18(30(33)34)12-21(23)26/h2-12H,1H3,(H,28,31)(H,29,32)/b16-10+. The third-order valence-corrected chi connectivity index (χ3v) is 6.57. The lowest BCUT2D eigenvalue weighted by Crippen LogP contribution is -2.14. The highest BCUT2D eigenvalue weighted by Crippen LogP contribution is 2.35. The van der Waals surface area contributed by atoms with Crippen LogP contribution < -0.4 is 14.8 Å². The molecule has 0 aliphatic rings. The van der Waals surface area contributed by atoms with Gasteiger partial charge in [-0.3, -0.25) is 19.7 Å². The van der Waals surface area contributed by atoms with E-state index in [0.717, 1.165) is 18.2 Å². The van der Waals surface area contributed by atoms with Crippen molar-refractivity contribution in [3.05, 3.63) is 92.0 Å². The van der Waals surface area contributed by atoms with Crippen LogP contribution in [0, 0.1) is 21.4 Å². The maximum absolute atomic E-state index is 12.8. The van der Waals surface area contributed by atoms with E-state index in [4.69, 9.17) is 27.4 Å². The summed E-state index contributed by atoms with van der Waals surface area (Å²) in [5.41, 5.74) is -0.550. The summed E-state index contributed by atoms with van der Waals surface area (Å²) in [5.74, 6) is -1.46. The van der Waals surface area contributed by atoms with Crippen molar-refractivity contribution in [2.24, 2.45) is 0 Å². The third-order valence-electron chi connectivity index (χ3n) is 4.72. The number of carbonyl (C=O) groups excluding carboxylic acids is 2. The maximum atomic E-state index is 12.8. The van der Waals surface area contributed by atoms with Crippen molar-refractivity contribution in [3.63, 3.8) is 0 Å². The van der Waals surface area contributed by atoms with Gasteiger partial charge in [-0.25, -0.2) is 0 Å². The van der Waals surface area contributed by atoms with Crippen molar-refractivity contribution in [1.82, 2.24) is 0 Å². The first kappa shape index (κ1) is 28.1. The molecule has 11 nitrogen and oxygen atoms in total. The molecule has 2 amide bonds. The van der Waals surface area contributed by atoms with Gasteiger partial charge in [-0.1, -0.05) is 41.4 Å². The Morgan fingerprint density at radius 3 is 2.21 bits per heavy atom. The number of rotatable bonds is 8. The van der Waals surface area contributed by atoms with Crippen LogP contribution in [-0.2, 0) is 19.7 Å². The minimum atomic E-state index is -4.33. The number of hydrogen-bond donors (Lipinski definition) is 2. The first-order valence-corrected chi connectivity index (χ1v) is 12.6. The number of benzene rings is 3.